The summed E-state index contributed by atoms with van der Waals surface area (Å²) < 4.78 is 13.1. The molecule has 0 spiro atoms. The molecule has 7 heteroatoms. The molecule has 0 radical (unpaired) electrons. The average Bonchev–Trinajstić information content (AvgIpc) is 2.69. The molecular weight excluding hydrogens is 279 g/mol. The van der Waals surface area contributed by atoms with E-state index in [1.54, 1.807) is 6.07 Å². The van der Waals surface area contributed by atoms with Gasteiger partial charge in [-0.1, -0.05) is 17.4 Å². The molecule has 5 nitrogen and oxygen atoms in total. The predicted molar refractivity (Wildman–Crippen MR) is 79.6 cm³/mol. The van der Waals surface area contributed by atoms with Crippen LogP contribution in [0, 0.1) is 5.82 Å². The molecule has 0 bridgehead atoms. The number of carbonyl (C=O) groups is 1. The lowest BCUT2D eigenvalue weighted by Gasteiger charge is -2.04. The maximum absolute atomic E-state index is 13.1. The molecule has 0 saturated carbocycles. The molecule has 0 fully saturated rings. The first-order chi connectivity index (χ1) is 9.45. The summed E-state index contributed by atoms with van der Waals surface area (Å²) in [5.74, 6) is -0.656. The molecular formula is C13H15FN4OS. The van der Waals surface area contributed by atoms with Gasteiger partial charge in [-0.3, -0.25) is 4.79 Å². The second-order valence-corrected chi connectivity index (χ2v) is 5.50. The van der Waals surface area contributed by atoms with Gasteiger partial charge in [-0.25, -0.2) is 9.37 Å². The molecule has 106 valence electrons. The van der Waals surface area contributed by atoms with E-state index in [9.17, 15) is 9.18 Å². The largest absolute Gasteiger partial charge is 0.382 e. The van der Waals surface area contributed by atoms with Crippen LogP contribution >= 0.6 is 11.3 Å². The fourth-order valence-corrected chi connectivity index (χ4v) is 2.48. The fraction of sp³-hybridized carbons (Fsp3) is 0.231. The Bertz CT molecular complexity index is 627. The molecule has 1 aromatic heterocycles. The summed E-state index contributed by atoms with van der Waals surface area (Å²) in [5.41, 5.74) is 6.10. The lowest BCUT2D eigenvalue weighted by molar-refractivity contribution is 0.103. The predicted octanol–water partition coefficient (Wildman–Crippen LogP) is 2.94. The van der Waals surface area contributed by atoms with E-state index in [0.717, 1.165) is 0 Å². The Kier molecular flexibility index (Phi) is 4.19. The van der Waals surface area contributed by atoms with E-state index in [2.05, 4.69) is 15.6 Å². The standard InChI is InChI=1S/C13H15FN4OS/c1-7(2)16-13-18-11(15)10(20-13)12(19)17-9-5-3-4-8(14)6-9/h3-7H,15H2,1-2H3,(H,16,18)(H,17,19). The van der Waals surface area contributed by atoms with Crippen molar-refractivity contribution in [1.82, 2.24) is 4.98 Å². The number of carbonyl (C=O) groups excluding carboxylic acids is 1. The van der Waals surface area contributed by atoms with Crippen molar-refractivity contribution in [2.75, 3.05) is 16.4 Å². The van der Waals surface area contributed by atoms with Gasteiger partial charge in [-0.15, -0.1) is 0 Å². The van der Waals surface area contributed by atoms with Gasteiger partial charge < -0.3 is 16.4 Å². The van der Waals surface area contributed by atoms with Gasteiger partial charge in [0.15, 0.2) is 5.13 Å². The summed E-state index contributed by atoms with van der Waals surface area (Å²) in [4.78, 5) is 16.5. The van der Waals surface area contributed by atoms with Crippen molar-refractivity contribution in [3.8, 4) is 0 Å². The number of halogens is 1. The lowest BCUT2D eigenvalue weighted by Crippen LogP contribution is -2.12. The van der Waals surface area contributed by atoms with Crippen LogP contribution in [0.25, 0.3) is 0 Å². The molecule has 1 heterocycles. The van der Waals surface area contributed by atoms with E-state index >= 15 is 0 Å². The number of nitrogens with two attached hydrogens (primary N) is 1. The molecule has 1 amide bonds. The van der Waals surface area contributed by atoms with E-state index in [1.165, 1.54) is 29.5 Å². The van der Waals surface area contributed by atoms with Crippen molar-refractivity contribution < 1.29 is 9.18 Å². The van der Waals surface area contributed by atoms with Gasteiger partial charge in [-0.2, -0.15) is 0 Å². The van der Waals surface area contributed by atoms with Crippen molar-refractivity contribution in [2.45, 2.75) is 19.9 Å². The second-order valence-electron chi connectivity index (χ2n) is 4.50. The number of thiazole rings is 1. The monoisotopic (exact) mass is 294 g/mol. The Morgan fingerprint density at radius 2 is 2.20 bits per heavy atom. The molecule has 1 aromatic carbocycles. The summed E-state index contributed by atoms with van der Waals surface area (Å²) in [7, 11) is 0. The Labute approximate surface area is 120 Å². The Balaban J connectivity index is 2.15. The van der Waals surface area contributed by atoms with E-state index in [-0.39, 0.29) is 11.9 Å². The van der Waals surface area contributed by atoms with Crippen molar-refractivity contribution in [2.24, 2.45) is 0 Å². The molecule has 0 atom stereocenters. The molecule has 2 rings (SSSR count). The molecule has 2 aromatic rings. The number of aromatic nitrogens is 1. The molecule has 0 aliphatic carbocycles. The molecule has 0 unspecified atom stereocenters. The van der Waals surface area contributed by atoms with Crippen LogP contribution in [0.2, 0.25) is 0 Å². The number of hydrogen-bond acceptors (Lipinski definition) is 5. The van der Waals surface area contributed by atoms with E-state index in [0.29, 0.717) is 15.7 Å². The van der Waals surface area contributed by atoms with E-state index in [1.807, 2.05) is 13.8 Å². The number of benzene rings is 1. The zero-order valence-corrected chi connectivity index (χ0v) is 11.9. The highest BCUT2D eigenvalue weighted by atomic mass is 32.1. The minimum absolute atomic E-state index is 0.159. The lowest BCUT2D eigenvalue weighted by atomic mass is 10.3. The van der Waals surface area contributed by atoms with Crippen LogP contribution in [0.4, 0.5) is 21.0 Å². The van der Waals surface area contributed by atoms with Crippen molar-refractivity contribution in [1.29, 1.82) is 0 Å². The maximum Gasteiger partial charge on any atom is 0.269 e. The van der Waals surface area contributed by atoms with Crippen LogP contribution in [0.5, 0.6) is 0 Å². The molecule has 0 aliphatic rings. The molecule has 20 heavy (non-hydrogen) atoms. The molecule has 4 N–H and O–H groups in total. The highest BCUT2D eigenvalue weighted by Gasteiger charge is 2.16. The number of anilines is 3. The van der Waals surface area contributed by atoms with Crippen molar-refractivity contribution in [3.63, 3.8) is 0 Å². The average molecular weight is 294 g/mol. The Morgan fingerprint density at radius 3 is 2.85 bits per heavy atom. The first-order valence-electron chi connectivity index (χ1n) is 6.05. The summed E-state index contributed by atoms with van der Waals surface area (Å²) in [6, 6.07) is 5.86. The van der Waals surface area contributed by atoms with Crippen LogP contribution in [-0.2, 0) is 0 Å². The van der Waals surface area contributed by atoms with Crippen LogP contribution in [0.3, 0.4) is 0 Å². The summed E-state index contributed by atoms with van der Waals surface area (Å²) in [6.07, 6.45) is 0. The topological polar surface area (TPSA) is 80.0 Å². The van der Waals surface area contributed by atoms with Gasteiger partial charge in [0.25, 0.3) is 5.91 Å². The van der Waals surface area contributed by atoms with Crippen molar-refractivity contribution >= 4 is 33.9 Å². The minimum atomic E-state index is -0.415. The third-order valence-electron chi connectivity index (χ3n) is 2.35. The Morgan fingerprint density at radius 1 is 1.45 bits per heavy atom. The molecule has 0 saturated heterocycles. The number of nitrogen functional groups attached to an aromatic ring is 1. The number of nitrogens with zero attached hydrogens (tertiary/aromatic N) is 1. The van der Waals surface area contributed by atoms with Crippen molar-refractivity contribution in [3.05, 3.63) is 35.0 Å². The van der Waals surface area contributed by atoms with Gasteiger partial charge in [0.2, 0.25) is 0 Å². The summed E-state index contributed by atoms with van der Waals surface area (Å²) in [6.45, 7) is 3.92. The summed E-state index contributed by atoms with van der Waals surface area (Å²) >= 11 is 1.17. The van der Waals surface area contributed by atoms with E-state index in [4.69, 9.17) is 5.73 Å². The quantitative estimate of drug-likeness (QED) is 0.810. The fourth-order valence-electron chi connectivity index (χ4n) is 1.56. The highest BCUT2D eigenvalue weighted by molar-refractivity contribution is 7.18. The smallest absolute Gasteiger partial charge is 0.269 e. The Hall–Kier alpha value is -2.15. The summed E-state index contributed by atoms with van der Waals surface area (Å²) in [5, 5.41) is 6.26. The van der Waals surface area contributed by atoms with Crippen LogP contribution < -0.4 is 16.4 Å². The normalized spacial score (nSPS) is 10.6. The minimum Gasteiger partial charge on any atom is -0.382 e. The number of nitrogens with one attached hydrogen (secondary N) is 2. The first kappa shape index (κ1) is 14.3. The van der Waals surface area contributed by atoms with E-state index < -0.39 is 11.7 Å². The maximum atomic E-state index is 13.1. The van der Waals surface area contributed by atoms with Gasteiger partial charge >= 0.3 is 0 Å². The number of rotatable bonds is 4. The zero-order chi connectivity index (χ0) is 14.7. The third kappa shape index (κ3) is 3.45. The molecule has 0 aliphatic heterocycles. The van der Waals surface area contributed by atoms with Gasteiger partial charge in [0.1, 0.15) is 16.5 Å². The van der Waals surface area contributed by atoms with Gasteiger partial charge in [-0.05, 0) is 32.0 Å². The van der Waals surface area contributed by atoms with Crippen LogP contribution in [0.15, 0.2) is 24.3 Å². The SMILES string of the molecule is CC(C)Nc1nc(N)c(C(=O)Nc2cccc(F)c2)s1. The van der Waals surface area contributed by atoms with Gasteiger partial charge in [0.05, 0.1) is 0 Å². The van der Waals surface area contributed by atoms with Crippen LogP contribution in [-0.4, -0.2) is 16.9 Å². The third-order valence-corrected chi connectivity index (χ3v) is 3.36. The first-order valence-corrected chi connectivity index (χ1v) is 6.87. The zero-order valence-electron chi connectivity index (χ0n) is 11.1. The van der Waals surface area contributed by atoms with Crippen LogP contribution in [0.1, 0.15) is 23.5 Å². The number of amides is 1. The number of hydrogen-bond donors (Lipinski definition) is 3. The highest BCUT2D eigenvalue weighted by Crippen LogP contribution is 2.26. The van der Waals surface area contributed by atoms with Gasteiger partial charge in [0, 0.05) is 11.7 Å². The second kappa shape index (κ2) is 5.87.